The molecule has 0 radical (unpaired) electrons. The van der Waals surface area contributed by atoms with Crippen LogP contribution in [0.2, 0.25) is 5.02 Å². The number of nitrogens with one attached hydrogen (secondary N) is 1. The van der Waals surface area contributed by atoms with Gasteiger partial charge >= 0.3 is 5.97 Å². The van der Waals surface area contributed by atoms with Gasteiger partial charge in [-0.15, -0.1) is 0 Å². The van der Waals surface area contributed by atoms with Crippen molar-refractivity contribution in [3.63, 3.8) is 0 Å². The molecule has 7 heteroatoms. The van der Waals surface area contributed by atoms with Crippen molar-refractivity contribution in [2.75, 3.05) is 6.61 Å². The van der Waals surface area contributed by atoms with E-state index in [1.54, 1.807) is 37.5 Å². The zero-order valence-corrected chi connectivity index (χ0v) is 14.1. The number of ketones is 1. The zero-order chi connectivity index (χ0) is 17.7. The fourth-order valence-corrected chi connectivity index (χ4v) is 2.14. The Morgan fingerprint density at radius 3 is 2.46 bits per heavy atom. The number of amides is 1. The molecule has 2 aromatic rings. The maximum atomic E-state index is 12.0. The molecule has 1 aromatic carbocycles. The van der Waals surface area contributed by atoms with Gasteiger partial charge < -0.3 is 14.6 Å². The van der Waals surface area contributed by atoms with Crippen molar-refractivity contribution < 1.29 is 19.1 Å². The molecule has 1 aromatic heterocycles. The van der Waals surface area contributed by atoms with E-state index in [9.17, 15) is 14.4 Å². The van der Waals surface area contributed by atoms with E-state index in [0.717, 1.165) is 5.56 Å². The molecule has 0 saturated heterocycles. The predicted molar refractivity (Wildman–Crippen MR) is 89.0 cm³/mol. The number of hydrogen-bond acceptors (Lipinski definition) is 4. The lowest BCUT2D eigenvalue weighted by molar-refractivity contribution is -0.124. The monoisotopic (exact) mass is 348 g/mol. The Morgan fingerprint density at radius 1 is 1.21 bits per heavy atom. The number of halogens is 1. The molecule has 24 heavy (non-hydrogen) atoms. The van der Waals surface area contributed by atoms with Crippen molar-refractivity contribution in [3.05, 3.63) is 58.4 Å². The highest BCUT2D eigenvalue weighted by molar-refractivity contribution is 6.30. The van der Waals surface area contributed by atoms with Gasteiger partial charge in [0.25, 0.3) is 5.91 Å². The fraction of sp³-hybridized carbons (Fsp3) is 0.235. The Balaban J connectivity index is 1.84. The molecular formula is C17H17ClN2O4. The molecule has 0 bridgehead atoms. The molecule has 0 aliphatic heterocycles. The average molecular weight is 349 g/mol. The van der Waals surface area contributed by atoms with Crippen molar-refractivity contribution in [1.29, 1.82) is 0 Å². The van der Waals surface area contributed by atoms with Crippen LogP contribution in [0.4, 0.5) is 0 Å². The Kier molecular flexibility index (Phi) is 5.76. The number of carbonyl (C=O) groups is 3. The summed E-state index contributed by atoms with van der Waals surface area (Å²) in [6.45, 7) is 1.33. The van der Waals surface area contributed by atoms with Crippen LogP contribution in [0.15, 0.2) is 36.5 Å². The Morgan fingerprint density at radius 2 is 1.88 bits per heavy atom. The molecule has 1 N–H and O–H groups in total. The highest BCUT2D eigenvalue weighted by atomic mass is 35.5. The van der Waals surface area contributed by atoms with Crippen LogP contribution in [0.1, 0.15) is 33.3 Å². The van der Waals surface area contributed by atoms with Crippen molar-refractivity contribution >= 4 is 29.3 Å². The van der Waals surface area contributed by atoms with Crippen LogP contribution in [0.3, 0.4) is 0 Å². The summed E-state index contributed by atoms with van der Waals surface area (Å²) in [5.74, 6) is -1.23. The molecule has 6 nitrogen and oxygen atoms in total. The SMILES string of the molecule is CC(=O)c1cc(C(=O)OCC(=O)NCc2ccc(Cl)cc2)n(C)c1. The lowest BCUT2D eigenvalue weighted by atomic mass is 10.2. The number of carbonyl (C=O) groups excluding carboxylic acids is 3. The van der Waals surface area contributed by atoms with Gasteiger partial charge in [-0.05, 0) is 30.7 Å². The van der Waals surface area contributed by atoms with Crippen molar-refractivity contribution in [2.45, 2.75) is 13.5 Å². The summed E-state index contributed by atoms with van der Waals surface area (Å²) in [6.07, 6.45) is 1.54. The first-order valence-electron chi connectivity index (χ1n) is 7.22. The second kappa shape index (κ2) is 7.79. The van der Waals surface area contributed by atoms with Gasteiger partial charge in [-0.25, -0.2) is 4.79 Å². The zero-order valence-electron chi connectivity index (χ0n) is 13.3. The molecule has 126 valence electrons. The van der Waals surface area contributed by atoms with Gasteiger partial charge in [-0.2, -0.15) is 0 Å². The topological polar surface area (TPSA) is 77.4 Å². The lowest BCUT2D eigenvalue weighted by Crippen LogP contribution is -2.28. The number of benzene rings is 1. The summed E-state index contributed by atoms with van der Waals surface area (Å²) in [5.41, 5.74) is 1.51. The predicted octanol–water partition coefficient (Wildman–Crippen LogP) is 2.35. The molecule has 2 rings (SSSR count). The number of hydrogen-bond donors (Lipinski definition) is 1. The number of rotatable bonds is 6. The summed E-state index contributed by atoms with van der Waals surface area (Å²) < 4.78 is 6.46. The average Bonchev–Trinajstić information content (AvgIpc) is 2.94. The Bertz CT molecular complexity index is 765. The van der Waals surface area contributed by atoms with Gasteiger partial charge in [0.15, 0.2) is 12.4 Å². The van der Waals surface area contributed by atoms with E-state index in [4.69, 9.17) is 16.3 Å². The summed E-state index contributed by atoms with van der Waals surface area (Å²) in [7, 11) is 1.63. The number of aromatic nitrogens is 1. The van der Waals surface area contributed by atoms with Crippen LogP contribution >= 0.6 is 11.6 Å². The van der Waals surface area contributed by atoms with E-state index in [1.165, 1.54) is 17.6 Å². The molecule has 0 spiro atoms. The fourth-order valence-electron chi connectivity index (χ4n) is 2.02. The van der Waals surface area contributed by atoms with Crippen LogP contribution in [0, 0.1) is 0 Å². The lowest BCUT2D eigenvalue weighted by Gasteiger charge is -2.07. The molecule has 1 amide bonds. The second-order valence-electron chi connectivity index (χ2n) is 5.26. The van der Waals surface area contributed by atoms with Crippen LogP contribution in [0.25, 0.3) is 0 Å². The van der Waals surface area contributed by atoms with E-state index in [-0.39, 0.29) is 11.5 Å². The third kappa shape index (κ3) is 4.70. The van der Waals surface area contributed by atoms with E-state index in [2.05, 4.69) is 5.32 Å². The van der Waals surface area contributed by atoms with Crippen molar-refractivity contribution in [2.24, 2.45) is 7.05 Å². The first-order valence-corrected chi connectivity index (χ1v) is 7.60. The summed E-state index contributed by atoms with van der Waals surface area (Å²) >= 11 is 5.78. The first kappa shape index (κ1) is 17.7. The summed E-state index contributed by atoms with van der Waals surface area (Å²) in [4.78, 5) is 35.0. The minimum absolute atomic E-state index is 0.148. The van der Waals surface area contributed by atoms with Crippen LogP contribution in [0.5, 0.6) is 0 Å². The molecule has 0 unspecified atom stereocenters. The molecule has 0 saturated carbocycles. The summed E-state index contributed by atoms with van der Waals surface area (Å²) in [5, 5.41) is 3.26. The molecule has 0 fully saturated rings. The van der Waals surface area contributed by atoms with E-state index >= 15 is 0 Å². The van der Waals surface area contributed by atoms with Gasteiger partial charge in [0, 0.05) is 30.4 Å². The van der Waals surface area contributed by atoms with Gasteiger partial charge in [-0.3, -0.25) is 9.59 Å². The number of aryl methyl sites for hydroxylation is 1. The van der Waals surface area contributed by atoms with E-state index in [1.807, 2.05) is 0 Å². The van der Waals surface area contributed by atoms with Crippen molar-refractivity contribution in [3.8, 4) is 0 Å². The van der Waals surface area contributed by atoms with E-state index < -0.39 is 18.5 Å². The standard InChI is InChI=1S/C17H17ClN2O4/c1-11(21)13-7-15(20(2)9-13)17(23)24-10-16(22)19-8-12-3-5-14(18)6-4-12/h3-7,9H,8,10H2,1-2H3,(H,19,22). The molecule has 0 atom stereocenters. The van der Waals surface area contributed by atoms with Crippen LogP contribution < -0.4 is 5.32 Å². The molecule has 1 heterocycles. The first-order chi connectivity index (χ1) is 11.4. The van der Waals surface area contributed by atoms with Crippen LogP contribution in [-0.4, -0.2) is 28.8 Å². The minimum atomic E-state index is -0.661. The second-order valence-corrected chi connectivity index (χ2v) is 5.70. The Hall–Kier alpha value is -2.60. The number of nitrogens with zero attached hydrogens (tertiary/aromatic N) is 1. The van der Waals surface area contributed by atoms with Gasteiger partial charge in [-0.1, -0.05) is 23.7 Å². The molecular weight excluding hydrogens is 332 g/mol. The number of esters is 1. The highest BCUT2D eigenvalue weighted by Crippen LogP contribution is 2.10. The maximum Gasteiger partial charge on any atom is 0.355 e. The maximum absolute atomic E-state index is 12.0. The molecule has 0 aliphatic carbocycles. The smallest absolute Gasteiger partial charge is 0.355 e. The normalized spacial score (nSPS) is 10.3. The highest BCUT2D eigenvalue weighted by Gasteiger charge is 2.16. The third-order valence-electron chi connectivity index (χ3n) is 3.36. The summed E-state index contributed by atoms with van der Waals surface area (Å²) in [6, 6.07) is 8.48. The number of ether oxygens (including phenoxy) is 1. The minimum Gasteiger partial charge on any atom is -0.451 e. The van der Waals surface area contributed by atoms with Gasteiger partial charge in [0.2, 0.25) is 0 Å². The molecule has 0 aliphatic rings. The van der Waals surface area contributed by atoms with Gasteiger partial charge in [0.05, 0.1) is 0 Å². The Labute approximate surface area is 144 Å². The number of Topliss-reactive ketones (excluding diaryl/α,β-unsaturated/α-hetero) is 1. The largest absolute Gasteiger partial charge is 0.451 e. The third-order valence-corrected chi connectivity index (χ3v) is 3.61. The van der Waals surface area contributed by atoms with Crippen LogP contribution in [-0.2, 0) is 23.1 Å². The van der Waals surface area contributed by atoms with Crippen molar-refractivity contribution in [1.82, 2.24) is 9.88 Å². The van der Waals surface area contributed by atoms with E-state index in [0.29, 0.717) is 17.1 Å². The quantitative estimate of drug-likeness (QED) is 0.642. The van der Waals surface area contributed by atoms with Gasteiger partial charge in [0.1, 0.15) is 5.69 Å².